The summed E-state index contributed by atoms with van der Waals surface area (Å²) in [4.78, 5) is 22.5. The second-order valence-corrected chi connectivity index (χ2v) is 4.59. The van der Waals surface area contributed by atoms with E-state index in [9.17, 15) is 9.59 Å². The molecule has 0 unspecified atom stereocenters. The van der Waals surface area contributed by atoms with Gasteiger partial charge in [0.05, 0.1) is 13.7 Å². The van der Waals surface area contributed by atoms with Gasteiger partial charge in [-0.3, -0.25) is 9.59 Å². The lowest BCUT2D eigenvalue weighted by atomic mass is 10.1. The Hall–Kier alpha value is -2.24. The smallest absolute Gasteiger partial charge is 0.218 e. The molecule has 0 atom stereocenters. The van der Waals surface area contributed by atoms with Crippen LogP contribution in [0.3, 0.4) is 0 Å². The summed E-state index contributed by atoms with van der Waals surface area (Å²) in [6.07, 6.45) is 0.267. The zero-order chi connectivity index (χ0) is 15.8. The van der Waals surface area contributed by atoms with Crippen LogP contribution in [0.2, 0.25) is 0 Å². The van der Waals surface area contributed by atoms with Gasteiger partial charge in [-0.1, -0.05) is 13.0 Å². The third-order valence-corrected chi connectivity index (χ3v) is 2.68. The molecule has 0 saturated heterocycles. The summed E-state index contributed by atoms with van der Waals surface area (Å²) in [6, 6.07) is 5.27. The number of hydrogen-bond acceptors (Lipinski definition) is 4. The Labute approximate surface area is 124 Å². The maximum Gasteiger partial charge on any atom is 0.218 e. The number of nitrogens with one attached hydrogen (secondary N) is 2. The molecule has 6 nitrogen and oxygen atoms in total. The van der Waals surface area contributed by atoms with Crippen molar-refractivity contribution in [3.8, 4) is 11.5 Å². The molecule has 0 heterocycles. The van der Waals surface area contributed by atoms with Crippen LogP contribution in [0.5, 0.6) is 11.5 Å². The molecule has 0 radical (unpaired) electrons. The lowest BCUT2D eigenvalue weighted by Crippen LogP contribution is -2.39. The number of hydrogen-bond donors (Lipinski definition) is 2. The minimum Gasteiger partial charge on any atom is -0.493 e. The second-order valence-electron chi connectivity index (χ2n) is 4.59. The fraction of sp³-hybridized carbons (Fsp3) is 0.467. The molecule has 6 heteroatoms. The van der Waals surface area contributed by atoms with Crippen molar-refractivity contribution < 1.29 is 19.1 Å². The molecule has 116 valence electrons. The van der Waals surface area contributed by atoms with E-state index in [0.29, 0.717) is 23.7 Å². The summed E-state index contributed by atoms with van der Waals surface area (Å²) < 4.78 is 10.9. The van der Waals surface area contributed by atoms with Crippen LogP contribution in [0.25, 0.3) is 0 Å². The Morgan fingerprint density at radius 2 is 1.76 bits per heavy atom. The van der Waals surface area contributed by atoms with Crippen molar-refractivity contribution in [3.63, 3.8) is 0 Å². The summed E-state index contributed by atoms with van der Waals surface area (Å²) >= 11 is 0. The minimum absolute atomic E-state index is 0.236. The van der Waals surface area contributed by atoms with Gasteiger partial charge in [0.15, 0.2) is 11.5 Å². The van der Waals surface area contributed by atoms with E-state index in [4.69, 9.17) is 9.47 Å². The minimum atomic E-state index is -0.602. The van der Waals surface area contributed by atoms with Crippen LogP contribution in [0.4, 0.5) is 0 Å². The van der Waals surface area contributed by atoms with Crippen LogP contribution in [0.15, 0.2) is 18.2 Å². The maximum absolute atomic E-state index is 11.3. The van der Waals surface area contributed by atoms with Gasteiger partial charge in [0.1, 0.15) is 6.17 Å². The Morgan fingerprint density at radius 3 is 2.24 bits per heavy atom. The Morgan fingerprint density at radius 1 is 1.14 bits per heavy atom. The van der Waals surface area contributed by atoms with E-state index in [1.165, 1.54) is 13.8 Å². The van der Waals surface area contributed by atoms with Crippen molar-refractivity contribution >= 4 is 11.8 Å². The molecule has 2 N–H and O–H groups in total. The van der Waals surface area contributed by atoms with Gasteiger partial charge in [-0.25, -0.2) is 0 Å². The molecular weight excluding hydrogens is 272 g/mol. The highest BCUT2D eigenvalue weighted by atomic mass is 16.5. The Bertz CT molecular complexity index is 486. The molecule has 0 aliphatic rings. The summed E-state index contributed by atoms with van der Waals surface area (Å²) in [5.41, 5.74) is 0.715. The third-order valence-electron chi connectivity index (χ3n) is 2.68. The molecule has 21 heavy (non-hydrogen) atoms. The van der Waals surface area contributed by atoms with Gasteiger partial charge in [-0.15, -0.1) is 0 Å². The zero-order valence-corrected chi connectivity index (χ0v) is 12.9. The van der Waals surface area contributed by atoms with Gasteiger partial charge < -0.3 is 20.1 Å². The van der Waals surface area contributed by atoms with Crippen molar-refractivity contribution in [2.45, 2.75) is 33.4 Å². The number of amides is 2. The van der Waals surface area contributed by atoms with E-state index in [1.54, 1.807) is 25.3 Å². The highest BCUT2D eigenvalue weighted by Crippen LogP contribution is 2.30. The van der Waals surface area contributed by atoms with Crippen LogP contribution >= 0.6 is 0 Å². The van der Waals surface area contributed by atoms with E-state index in [1.807, 2.05) is 6.92 Å². The molecule has 0 aliphatic heterocycles. The molecule has 0 aliphatic carbocycles. The van der Waals surface area contributed by atoms with Crippen molar-refractivity contribution in [2.24, 2.45) is 0 Å². The topological polar surface area (TPSA) is 76.7 Å². The summed E-state index contributed by atoms with van der Waals surface area (Å²) in [7, 11) is 1.56. The summed E-state index contributed by atoms with van der Waals surface area (Å²) in [5.74, 6) is 0.718. The van der Waals surface area contributed by atoms with Gasteiger partial charge in [-0.2, -0.15) is 0 Å². The average molecular weight is 294 g/mol. The number of rotatable bonds is 7. The summed E-state index contributed by atoms with van der Waals surface area (Å²) in [6.45, 7) is 5.36. The zero-order valence-electron chi connectivity index (χ0n) is 12.9. The quantitative estimate of drug-likeness (QED) is 0.751. The first kappa shape index (κ1) is 16.8. The molecule has 0 bridgehead atoms. The largest absolute Gasteiger partial charge is 0.493 e. The predicted octanol–water partition coefficient (Wildman–Crippen LogP) is 1.75. The average Bonchev–Trinajstić information content (AvgIpc) is 2.43. The SMILES string of the molecule is CCCOc1cc(C(NC(C)=O)NC(C)=O)ccc1OC. The fourth-order valence-electron chi connectivity index (χ4n) is 1.81. The highest BCUT2D eigenvalue weighted by molar-refractivity contribution is 5.76. The first-order chi connectivity index (χ1) is 9.97. The molecule has 0 fully saturated rings. The monoisotopic (exact) mass is 294 g/mol. The fourth-order valence-corrected chi connectivity index (χ4v) is 1.81. The number of carbonyl (C=O) groups excluding carboxylic acids is 2. The maximum atomic E-state index is 11.3. The van der Waals surface area contributed by atoms with Crippen LogP contribution in [0, 0.1) is 0 Å². The standard InChI is InChI=1S/C15H22N2O4/c1-5-8-21-14-9-12(6-7-13(14)20-4)15(16-10(2)18)17-11(3)19/h6-7,9,15H,5,8H2,1-4H3,(H,16,18)(H,17,19). The molecule has 1 aromatic rings. The van der Waals surface area contributed by atoms with Crippen LogP contribution < -0.4 is 20.1 Å². The molecule has 1 aromatic carbocycles. The molecule has 0 spiro atoms. The molecule has 1 rings (SSSR count). The normalized spacial score (nSPS) is 10.1. The second kappa shape index (κ2) is 8.14. The van der Waals surface area contributed by atoms with Gasteiger partial charge in [-0.05, 0) is 24.1 Å². The number of carbonyl (C=O) groups is 2. The molecule has 0 saturated carbocycles. The molecule has 0 aromatic heterocycles. The predicted molar refractivity (Wildman–Crippen MR) is 79.2 cm³/mol. The van der Waals surface area contributed by atoms with Crippen LogP contribution in [0.1, 0.15) is 38.9 Å². The number of methoxy groups -OCH3 is 1. The van der Waals surface area contributed by atoms with Gasteiger partial charge in [0, 0.05) is 13.8 Å². The van der Waals surface area contributed by atoms with E-state index < -0.39 is 6.17 Å². The Kier molecular flexibility index (Phi) is 6.52. The lowest BCUT2D eigenvalue weighted by Gasteiger charge is -2.20. The van der Waals surface area contributed by atoms with E-state index in [2.05, 4.69) is 10.6 Å². The lowest BCUT2D eigenvalue weighted by molar-refractivity contribution is -0.122. The first-order valence-corrected chi connectivity index (χ1v) is 6.82. The molecular formula is C15H22N2O4. The van der Waals surface area contributed by atoms with Crippen LogP contribution in [-0.4, -0.2) is 25.5 Å². The van der Waals surface area contributed by atoms with E-state index >= 15 is 0 Å². The van der Waals surface area contributed by atoms with Gasteiger partial charge >= 0.3 is 0 Å². The Balaban J connectivity index is 3.06. The third kappa shape index (κ3) is 5.33. The van der Waals surface area contributed by atoms with Crippen molar-refractivity contribution in [1.29, 1.82) is 0 Å². The van der Waals surface area contributed by atoms with E-state index in [-0.39, 0.29) is 11.8 Å². The molecule has 2 amide bonds. The summed E-state index contributed by atoms with van der Waals surface area (Å²) in [5, 5.41) is 5.36. The number of benzene rings is 1. The number of ether oxygens (including phenoxy) is 2. The van der Waals surface area contributed by atoms with Crippen molar-refractivity contribution in [1.82, 2.24) is 10.6 Å². The van der Waals surface area contributed by atoms with E-state index in [0.717, 1.165) is 6.42 Å². The van der Waals surface area contributed by atoms with Crippen molar-refractivity contribution in [3.05, 3.63) is 23.8 Å². The van der Waals surface area contributed by atoms with Crippen LogP contribution in [-0.2, 0) is 9.59 Å². The highest BCUT2D eigenvalue weighted by Gasteiger charge is 2.16. The van der Waals surface area contributed by atoms with Crippen molar-refractivity contribution in [2.75, 3.05) is 13.7 Å². The first-order valence-electron chi connectivity index (χ1n) is 6.82. The van der Waals surface area contributed by atoms with Gasteiger partial charge in [0.25, 0.3) is 0 Å². The van der Waals surface area contributed by atoms with Gasteiger partial charge in [0.2, 0.25) is 11.8 Å².